The first kappa shape index (κ1) is 12.5. The number of benzene rings is 1. The predicted molar refractivity (Wildman–Crippen MR) is 58.0 cm³/mol. The van der Waals surface area contributed by atoms with Gasteiger partial charge in [0.1, 0.15) is 0 Å². The zero-order chi connectivity index (χ0) is 10.5. The number of halogens is 1. The standard InChI is InChI=1S/C9H11ClO.C2H6/c1-9(2,11)7-3-5-8(10)6-4-7;1-2/h3-6,11H,1-2H3;1-2H3. The Morgan fingerprint density at radius 2 is 1.46 bits per heavy atom. The van der Waals surface area contributed by atoms with Crippen molar-refractivity contribution in [2.75, 3.05) is 0 Å². The molecular formula is C11H17ClO. The van der Waals surface area contributed by atoms with Crippen LogP contribution in [0.3, 0.4) is 0 Å². The SMILES string of the molecule is CC.CC(C)(O)c1ccc(Cl)cc1. The van der Waals surface area contributed by atoms with Crippen LogP contribution in [0.1, 0.15) is 33.3 Å². The Labute approximate surface area is 85.4 Å². The fraction of sp³-hybridized carbons (Fsp3) is 0.455. The van der Waals surface area contributed by atoms with Gasteiger partial charge in [-0.2, -0.15) is 0 Å². The van der Waals surface area contributed by atoms with Crippen molar-refractivity contribution >= 4 is 11.6 Å². The number of hydrogen-bond acceptors (Lipinski definition) is 1. The molecule has 0 amide bonds. The number of aliphatic hydroxyl groups is 1. The van der Waals surface area contributed by atoms with E-state index in [1.165, 1.54) is 0 Å². The Hall–Kier alpha value is -0.530. The summed E-state index contributed by atoms with van der Waals surface area (Å²) in [5.41, 5.74) is 0.104. The van der Waals surface area contributed by atoms with Crippen LogP contribution >= 0.6 is 11.6 Å². The van der Waals surface area contributed by atoms with E-state index in [1.54, 1.807) is 26.0 Å². The van der Waals surface area contributed by atoms with Gasteiger partial charge in [0.2, 0.25) is 0 Å². The van der Waals surface area contributed by atoms with Crippen molar-refractivity contribution in [3.63, 3.8) is 0 Å². The van der Waals surface area contributed by atoms with Crippen molar-refractivity contribution in [2.24, 2.45) is 0 Å². The second kappa shape index (κ2) is 5.25. The Balaban J connectivity index is 0.000000671. The Kier molecular flexibility index (Phi) is 5.04. The number of hydrogen-bond donors (Lipinski definition) is 1. The molecule has 1 rings (SSSR count). The summed E-state index contributed by atoms with van der Waals surface area (Å²) < 4.78 is 0. The molecule has 1 aromatic rings. The van der Waals surface area contributed by atoms with Crippen LogP contribution in [0.15, 0.2) is 24.3 Å². The van der Waals surface area contributed by atoms with Gasteiger partial charge in [-0.05, 0) is 31.5 Å². The van der Waals surface area contributed by atoms with Crippen LogP contribution in [0.4, 0.5) is 0 Å². The van der Waals surface area contributed by atoms with Gasteiger partial charge >= 0.3 is 0 Å². The Morgan fingerprint density at radius 3 is 1.77 bits per heavy atom. The largest absolute Gasteiger partial charge is 0.386 e. The van der Waals surface area contributed by atoms with Crippen molar-refractivity contribution in [1.82, 2.24) is 0 Å². The predicted octanol–water partition coefficient (Wildman–Crippen LogP) is 3.59. The second-order valence-corrected chi connectivity index (χ2v) is 3.50. The van der Waals surface area contributed by atoms with Crippen molar-refractivity contribution in [2.45, 2.75) is 33.3 Å². The van der Waals surface area contributed by atoms with Crippen LogP contribution in [0, 0.1) is 0 Å². The molecule has 0 bridgehead atoms. The highest BCUT2D eigenvalue weighted by Crippen LogP contribution is 2.20. The molecule has 2 heteroatoms. The van der Waals surface area contributed by atoms with E-state index in [0.717, 1.165) is 5.56 Å². The maximum absolute atomic E-state index is 9.54. The molecule has 0 fully saturated rings. The first-order valence-corrected chi connectivity index (χ1v) is 4.86. The van der Waals surface area contributed by atoms with Crippen molar-refractivity contribution < 1.29 is 5.11 Å². The quantitative estimate of drug-likeness (QED) is 0.735. The van der Waals surface area contributed by atoms with E-state index < -0.39 is 5.60 Å². The third-order valence-electron chi connectivity index (χ3n) is 1.55. The molecule has 0 saturated heterocycles. The minimum atomic E-state index is -0.773. The van der Waals surface area contributed by atoms with Crippen molar-refractivity contribution in [3.05, 3.63) is 34.9 Å². The maximum Gasteiger partial charge on any atom is 0.0840 e. The molecule has 0 aliphatic heterocycles. The summed E-state index contributed by atoms with van der Waals surface area (Å²) in [6.45, 7) is 7.49. The van der Waals surface area contributed by atoms with Gasteiger partial charge < -0.3 is 5.11 Å². The van der Waals surface area contributed by atoms with Crippen LogP contribution < -0.4 is 0 Å². The molecule has 1 nitrogen and oxygen atoms in total. The van der Waals surface area contributed by atoms with E-state index in [-0.39, 0.29) is 0 Å². The van der Waals surface area contributed by atoms with Gasteiger partial charge in [-0.15, -0.1) is 0 Å². The molecule has 0 aromatic heterocycles. The van der Waals surface area contributed by atoms with E-state index >= 15 is 0 Å². The van der Waals surface area contributed by atoms with Gasteiger partial charge in [0.15, 0.2) is 0 Å². The molecule has 0 radical (unpaired) electrons. The van der Waals surface area contributed by atoms with Crippen molar-refractivity contribution in [1.29, 1.82) is 0 Å². The first-order chi connectivity index (χ1) is 6.00. The van der Waals surface area contributed by atoms with E-state index in [1.807, 2.05) is 26.0 Å². The van der Waals surface area contributed by atoms with E-state index in [0.29, 0.717) is 5.02 Å². The summed E-state index contributed by atoms with van der Waals surface area (Å²) in [5.74, 6) is 0. The highest BCUT2D eigenvalue weighted by molar-refractivity contribution is 6.30. The van der Waals surface area contributed by atoms with Gasteiger partial charge in [-0.1, -0.05) is 37.6 Å². The lowest BCUT2D eigenvalue weighted by Crippen LogP contribution is -2.14. The molecule has 0 atom stereocenters. The molecule has 0 unspecified atom stereocenters. The molecule has 0 aliphatic carbocycles. The second-order valence-electron chi connectivity index (χ2n) is 3.07. The summed E-state index contributed by atoms with van der Waals surface area (Å²) in [5, 5.41) is 10.2. The molecule has 13 heavy (non-hydrogen) atoms. The van der Waals surface area contributed by atoms with Gasteiger partial charge in [0.05, 0.1) is 5.60 Å². The molecule has 0 heterocycles. The normalized spacial score (nSPS) is 10.3. The zero-order valence-electron chi connectivity index (χ0n) is 8.63. The molecule has 0 aliphatic rings. The molecule has 74 valence electrons. The van der Waals surface area contributed by atoms with E-state index in [4.69, 9.17) is 11.6 Å². The van der Waals surface area contributed by atoms with Crippen LogP contribution in [0.2, 0.25) is 5.02 Å². The first-order valence-electron chi connectivity index (χ1n) is 4.48. The minimum absolute atomic E-state index is 0.693. The van der Waals surface area contributed by atoms with Crippen molar-refractivity contribution in [3.8, 4) is 0 Å². The van der Waals surface area contributed by atoms with E-state index in [9.17, 15) is 5.11 Å². The minimum Gasteiger partial charge on any atom is -0.386 e. The average Bonchev–Trinajstić information content (AvgIpc) is 2.07. The smallest absolute Gasteiger partial charge is 0.0840 e. The summed E-state index contributed by atoms with van der Waals surface area (Å²) in [6.07, 6.45) is 0. The number of rotatable bonds is 1. The van der Waals surface area contributed by atoms with Crippen LogP contribution in [0.5, 0.6) is 0 Å². The summed E-state index contributed by atoms with van der Waals surface area (Å²) in [7, 11) is 0. The Morgan fingerprint density at radius 1 is 1.08 bits per heavy atom. The fourth-order valence-electron chi connectivity index (χ4n) is 0.858. The highest BCUT2D eigenvalue weighted by atomic mass is 35.5. The van der Waals surface area contributed by atoms with E-state index in [2.05, 4.69) is 0 Å². The third-order valence-corrected chi connectivity index (χ3v) is 1.80. The molecule has 1 aromatic carbocycles. The van der Waals surface area contributed by atoms with Crippen LogP contribution in [-0.4, -0.2) is 5.11 Å². The lowest BCUT2D eigenvalue weighted by atomic mass is 9.99. The van der Waals surface area contributed by atoms with Gasteiger partial charge in [0, 0.05) is 5.02 Å². The summed E-state index contributed by atoms with van der Waals surface area (Å²) in [4.78, 5) is 0. The molecular weight excluding hydrogens is 184 g/mol. The maximum atomic E-state index is 9.54. The van der Waals surface area contributed by atoms with Gasteiger partial charge in [-0.3, -0.25) is 0 Å². The Bertz CT molecular complexity index is 233. The third kappa shape index (κ3) is 4.30. The van der Waals surface area contributed by atoms with Crippen LogP contribution in [-0.2, 0) is 5.60 Å². The topological polar surface area (TPSA) is 20.2 Å². The molecule has 0 saturated carbocycles. The molecule has 0 spiro atoms. The monoisotopic (exact) mass is 200 g/mol. The van der Waals surface area contributed by atoms with Crippen LogP contribution in [0.25, 0.3) is 0 Å². The summed E-state index contributed by atoms with van der Waals surface area (Å²) in [6, 6.07) is 7.19. The fourth-order valence-corrected chi connectivity index (χ4v) is 0.984. The van der Waals surface area contributed by atoms with Gasteiger partial charge in [0.25, 0.3) is 0 Å². The zero-order valence-corrected chi connectivity index (χ0v) is 9.39. The van der Waals surface area contributed by atoms with Gasteiger partial charge in [-0.25, -0.2) is 0 Å². The average molecular weight is 201 g/mol. The summed E-state index contributed by atoms with van der Waals surface area (Å²) >= 11 is 5.68. The highest BCUT2D eigenvalue weighted by Gasteiger charge is 2.14. The lowest BCUT2D eigenvalue weighted by molar-refractivity contribution is 0.0786. The lowest BCUT2D eigenvalue weighted by Gasteiger charge is -2.17. The molecule has 1 N–H and O–H groups in total.